The number of hydrogen-bond acceptors (Lipinski definition) is 5. The van der Waals surface area contributed by atoms with Crippen LogP contribution in [0.15, 0.2) is 6.33 Å². The molecule has 94 valence electrons. The van der Waals surface area contributed by atoms with Crippen LogP contribution < -0.4 is 15.2 Å². The number of anilines is 1. The molecule has 17 heavy (non-hydrogen) atoms. The fourth-order valence-electron chi connectivity index (χ4n) is 2.15. The fourth-order valence-corrected chi connectivity index (χ4v) is 2.15. The van der Waals surface area contributed by atoms with E-state index in [1.807, 2.05) is 0 Å². The molecule has 0 atom stereocenters. The van der Waals surface area contributed by atoms with Crippen molar-refractivity contribution in [2.75, 3.05) is 12.8 Å². The zero-order valence-electron chi connectivity index (χ0n) is 10.3. The largest absolute Gasteiger partial charge is 0.489 e. The van der Waals surface area contributed by atoms with E-state index in [1.165, 1.54) is 19.2 Å². The van der Waals surface area contributed by atoms with Gasteiger partial charge < -0.3 is 15.2 Å². The van der Waals surface area contributed by atoms with Crippen LogP contribution in [0.25, 0.3) is 0 Å². The Labute approximate surface area is 101 Å². The van der Waals surface area contributed by atoms with Gasteiger partial charge in [-0.15, -0.1) is 0 Å². The van der Waals surface area contributed by atoms with E-state index in [-0.39, 0.29) is 6.10 Å². The molecule has 1 fully saturated rings. The van der Waals surface area contributed by atoms with Gasteiger partial charge in [-0.05, 0) is 31.6 Å². The van der Waals surface area contributed by atoms with E-state index in [1.54, 1.807) is 7.11 Å². The highest BCUT2D eigenvalue weighted by molar-refractivity contribution is 5.51. The number of nitrogens with zero attached hydrogens (tertiary/aromatic N) is 2. The number of aromatic nitrogens is 2. The summed E-state index contributed by atoms with van der Waals surface area (Å²) in [6, 6.07) is 0. The first kappa shape index (κ1) is 12.0. The van der Waals surface area contributed by atoms with Crippen molar-refractivity contribution in [2.45, 2.75) is 38.7 Å². The smallest absolute Gasteiger partial charge is 0.262 e. The molecule has 1 aromatic heterocycles. The summed E-state index contributed by atoms with van der Waals surface area (Å²) in [5, 5.41) is 0. The molecule has 0 bridgehead atoms. The second-order valence-corrected chi connectivity index (χ2v) is 4.60. The standard InChI is InChI=1S/C12H19N3O2/c1-8-3-5-9(6-4-8)17-12-10(16-2)11(13)14-7-15-12/h7-9H,3-6H2,1-2H3,(H2,13,14,15). The third kappa shape index (κ3) is 2.78. The van der Waals surface area contributed by atoms with Crippen LogP contribution in [-0.2, 0) is 0 Å². The molecule has 0 unspecified atom stereocenters. The minimum absolute atomic E-state index is 0.217. The molecule has 1 aliphatic rings. The summed E-state index contributed by atoms with van der Waals surface area (Å²) in [6.07, 6.45) is 6.15. The van der Waals surface area contributed by atoms with Crippen LogP contribution in [0.2, 0.25) is 0 Å². The highest BCUT2D eigenvalue weighted by atomic mass is 16.5. The van der Waals surface area contributed by atoms with Gasteiger partial charge in [0.05, 0.1) is 7.11 Å². The quantitative estimate of drug-likeness (QED) is 0.871. The van der Waals surface area contributed by atoms with Crippen molar-refractivity contribution in [3.05, 3.63) is 6.33 Å². The lowest BCUT2D eigenvalue weighted by Crippen LogP contribution is -2.23. The fraction of sp³-hybridized carbons (Fsp3) is 0.667. The van der Waals surface area contributed by atoms with Gasteiger partial charge in [-0.2, -0.15) is 4.98 Å². The van der Waals surface area contributed by atoms with Gasteiger partial charge >= 0.3 is 0 Å². The van der Waals surface area contributed by atoms with Crippen LogP contribution in [-0.4, -0.2) is 23.2 Å². The SMILES string of the molecule is COc1c(N)ncnc1OC1CCC(C)CC1. The second kappa shape index (κ2) is 5.21. The van der Waals surface area contributed by atoms with Gasteiger partial charge in [0.2, 0.25) is 5.75 Å². The molecule has 1 heterocycles. The first-order chi connectivity index (χ1) is 8.20. The zero-order chi connectivity index (χ0) is 12.3. The summed E-state index contributed by atoms with van der Waals surface area (Å²) in [6.45, 7) is 2.28. The highest BCUT2D eigenvalue weighted by Gasteiger charge is 2.22. The predicted molar refractivity (Wildman–Crippen MR) is 65.0 cm³/mol. The molecule has 0 saturated heterocycles. The van der Waals surface area contributed by atoms with Crippen molar-refractivity contribution in [3.8, 4) is 11.6 Å². The summed E-state index contributed by atoms with van der Waals surface area (Å²) < 4.78 is 11.0. The second-order valence-electron chi connectivity index (χ2n) is 4.60. The van der Waals surface area contributed by atoms with Crippen LogP contribution in [0.4, 0.5) is 5.82 Å². The van der Waals surface area contributed by atoms with Crippen molar-refractivity contribution >= 4 is 5.82 Å². The first-order valence-corrected chi connectivity index (χ1v) is 6.01. The number of methoxy groups -OCH3 is 1. The van der Waals surface area contributed by atoms with Gasteiger partial charge in [0.25, 0.3) is 5.88 Å². The maximum atomic E-state index is 5.85. The molecule has 5 heteroatoms. The molecule has 0 radical (unpaired) electrons. The molecule has 0 amide bonds. The van der Waals surface area contributed by atoms with E-state index < -0.39 is 0 Å². The van der Waals surface area contributed by atoms with Crippen LogP contribution in [0, 0.1) is 5.92 Å². The van der Waals surface area contributed by atoms with Crippen molar-refractivity contribution in [2.24, 2.45) is 5.92 Å². The molecule has 2 N–H and O–H groups in total. The minimum Gasteiger partial charge on any atom is -0.489 e. The van der Waals surface area contributed by atoms with Crippen molar-refractivity contribution < 1.29 is 9.47 Å². The van der Waals surface area contributed by atoms with Gasteiger partial charge in [-0.1, -0.05) is 6.92 Å². The molecule has 1 saturated carbocycles. The van der Waals surface area contributed by atoms with Gasteiger partial charge in [-0.3, -0.25) is 0 Å². The first-order valence-electron chi connectivity index (χ1n) is 6.01. The van der Waals surface area contributed by atoms with Crippen LogP contribution in [0.1, 0.15) is 32.6 Å². The highest BCUT2D eigenvalue weighted by Crippen LogP contribution is 2.32. The molecule has 5 nitrogen and oxygen atoms in total. The third-order valence-electron chi connectivity index (χ3n) is 3.24. The van der Waals surface area contributed by atoms with Crippen molar-refractivity contribution in [1.82, 2.24) is 9.97 Å². The molecule has 1 aliphatic carbocycles. The van der Waals surface area contributed by atoms with Crippen LogP contribution in [0.5, 0.6) is 11.6 Å². The Hall–Kier alpha value is -1.52. The van der Waals surface area contributed by atoms with Gasteiger partial charge in [0.15, 0.2) is 5.82 Å². The lowest BCUT2D eigenvalue weighted by molar-refractivity contribution is 0.125. The Morgan fingerprint density at radius 1 is 1.24 bits per heavy atom. The van der Waals surface area contributed by atoms with E-state index in [9.17, 15) is 0 Å². The number of hydrogen-bond donors (Lipinski definition) is 1. The molecule has 1 aromatic rings. The van der Waals surface area contributed by atoms with Crippen LogP contribution >= 0.6 is 0 Å². The topological polar surface area (TPSA) is 70.3 Å². The summed E-state index contributed by atoms with van der Waals surface area (Å²) in [5.74, 6) is 2.01. The maximum absolute atomic E-state index is 5.85. The minimum atomic E-state index is 0.217. The molecular formula is C12H19N3O2. The molecule has 0 spiro atoms. The summed E-state index contributed by atoms with van der Waals surface area (Å²) >= 11 is 0. The molecule has 2 rings (SSSR count). The Morgan fingerprint density at radius 2 is 1.94 bits per heavy atom. The number of ether oxygens (including phenoxy) is 2. The third-order valence-corrected chi connectivity index (χ3v) is 3.24. The summed E-state index contributed by atoms with van der Waals surface area (Å²) in [4.78, 5) is 7.96. The Morgan fingerprint density at radius 3 is 2.59 bits per heavy atom. The lowest BCUT2D eigenvalue weighted by atomic mass is 9.89. The predicted octanol–water partition coefficient (Wildman–Crippen LogP) is 2.02. The van der Waals surface area contributed by atoms with Gasteiger partial charge in [0.1, 0.15) is 12.4 Å². The Kier molecular flexibility index (Phi) is 3.66. The molecular weight excluding hydrogens is 218 g/mol. The monoisotopic (exact) mass is 237 g/mol. The van der Waals surface area contributed by atoms with Gasteiger partial charge in [-0.25, -0.2) is 4.98 Å². The zero-order valence-corrected chi connectivity index (χ0v) is 10.3. The lowest BCUT2D eigenvalue weighted by Gasteiger charge is -2.26. The van der Waals surface area contributed by atoms with Crippen LogP contribution in [0.3, 0.4) is 0 Å². The van der Waals surface area contributed by atoms with E-state index >= 15 is 0 Å². The maximum Gasteiger partial charge on any atom is 0.262 e. The van der Waals surface area contributed by atoms with E-state index in [2.05, 4.69) is 16.9 Å². The van der Waals surface area contributed by atoms with Crippen molar-refractivity contribution in [1.29, 1.82) is 0 Å². The average Bonchev–Trinajstić information content (AvgIpc) is 2.32. The van der Waals surface area contributed by atoms with E-state index in [0.29, 0.717) is 17.4 Å². The molecule has 0 aliphatic heterocycles. The molecule has 0 aromatic carbocycles. The Balaban J connectivity index is 2.05. The Bertz CT molecular complexity index is 376. The van der Waals surface area contributed by atoms with E-state index in [0.717, 1.165) is 18.8 Å². The number of rotatable bonds is 3. The summed E-state index contributed by atoms with van der Waals surface area (Å²) in [5.41, 5.74) is 5.70. The van der Waals surface area contributed by atoms with Crippen molar-refractivity contribution in [3.63, 3.8) is 0 Å². The normalized spacial score (nSPS) is 24.4. The summed E-state index contributed by atoms with van der Waals surface area (Å²) in [7, 11) is 1.55. The number of nitrogens with two attached hydrogens (primary N) is 1. The average molecular weight is 237 g/mol. The number of nitrogen functional groups attached to an aromatic ring is 1. The van der Waals surface area contributed by atoms with E-state index in [4.69, 9.17) is 15.2 Å². The van der Waals surface area contributed by atoms with Gasteiger partial charge in [0, 0.05) is 0 Å².